The van der Waals surface area contributed by atoms with Gasteiger partial charge in [0, 0.05) is 43.6 Å². The Morgan fingerprint density at radius 1 is 1.05 bits per heavy atom. The maximum Gasteiger partial charge on any atom is 0.226 e. The third-order valence-electron chi connectivity index (χ3n) is 11.7. The van der Waals surface area contributed by atoms with Crippen molar-refractivity contribution < 1.29 is 13.9 Å². The lowest BCUT2D eigenvalue weighted by atomic mass is 9.64. The van der Waals surface area contributed by atoms with Gasteiger partial charge in [-0.1, -0.05) is 6.42 Å². The van der Waals surface area contributed by atoms with E-state index in [1.807, 2.05) is 0 Å². The highest BCUT2D eigenvalue weighted by molar-refractivity contribution is 5.82. The van der Waals surface area contributed by atoms with Crippen molar-refractivity contribution in [1.29, 1.82) is 0 Å². The van der Waals surface area contributed by atoms with Gasteiger partial charge in [0.15, 0.2) is 0 Å². The Morgan fingerprint density at radius 2 is 1.92 bits per heavy atom. The topological polar surface area (TPSA) is 60.1 Å². The highest BCUT2D eigenvalue weighted by Crippen LogP contribution is 2.54. The number of nitrogens with zero attached hydrogens (tertiary/aromatic N) is 3. The van der Waals surface area contributed by atoms with Crippen molar-refractivity contribution in [1.82, 2.24) is 25.6 Å². The van der Waals surface area contributed by atoms with E-state index < -0.39 is 6.17 Å². The van der Waals surface area contributed by atoms with E-state index in [9.17, 15) is 9.18 Å². The van der Waals surface area contributed by atoms with Gasteiger partial charge in [-0.25, -0.2) is 15.2 Å². The summed E-state index contributed by atoms with van der Waals surface area (Å²) in [6, 6.07) is 0.408. The molecular weight excluding hydrogens is 469 g/mol. The van der Waals surface area contributed by atoms with Crippen LogP contribution in [0.4, 0.5) is 4.39 Å². The number of fused-ring (bicyclic) bond motifs is 1. The van der Waals surface area contributed by atoms with Gasteiger partial charge in [0.05, 0.1) is 26.0 Å². The molecule has 0 spiro atoms. The van der Waals surface area contributed by atoms with Gasteiger partial charge in [0.1, 0.15) is 6.17 Å². The first-order chi connectivity index (χ1) is 18.0. The van der Waals surface area contributed by atoms with E-state index >= 15 is 0 Å². The molecule has 37 heavy (non-hydrogen) atoms. The van der Waals surface area contributed by atoms with Crippen molar-refractivity contribution in [3.63, 3.8) is 0 Å². The summed E-state index contributed by atoms with van der Waals surface area (Å²) in [5, 5.41) is 0. The number of alkyl halides is 1. The molecule has 0 aromatic rings. The SMILES string of the molecule is CN1CNNC1CC1(C2CCCC(N3CC4C(CC(CN5CC[C@H](F)C5)CC4C4CC4)C3=O)C2)COC1. The second kappa shape index (κ2) is 9.99. The summed E-state index contributed by atoms with van der Waals surface area (Å²) in [7, 11) is 2.18. The van der Waals surface area contributed by atoms with Crippen molar-refractivity contribution in [2.45, 2.75) is 82.6 Å². The second-order valence-corrected chi connectivity index (χ2v) is 14.1. The molecule has 1 amide bonds. The summed E-state index contributed by atoms with van der Waals surface area (Å²) in [6.07, 6.45) is 11.4. The van der Waals surface area contributed by atoms with Gasteiger partial charge in [-0.3, -0.25) is 9.69 Å². The molecule has 3 saturated carbocycles. The van der Waals surface area contributed by atoms with Crippen molar-refractivity contribution in [2.24, 2.45) is 40.9 Å². The Kier molecular flexibility index (Phi) is 6.80. The summed E-state index contributed by atoms with van der Waals surface area (Å²) in [4.78, 5) is 21.1. The molecule has 3 aliphatic carbocycles. The third-order valence-corrected chi connectivity index (χ3v) is 11.7. The number of nitrogens with one attached hydrogen (secondary N) is 2. The van der Waals surface area contributed by atoms with Gasteiger partial charge in [-0.15, -0.1) is 0 Å². The van der Waals surface area contributed by atoms with Crippen LogP contribution in [0, 0.1) is 40.9 Å². The van der Waals surface area contributed by atoms with Crippen molar-refractivity contribution in [2.75, 3.05) is 53.1 Å². The van der Waals surface area contributed by atoms with Crippen LogP contribution in [0.15, 0.2) is 0 Å². The molecule has 4 saturated heterocycles. The van der Waals surface area contributed by atoms with Crippen LogP contribution in [0.2, 0.25) is 0 Å². The molecule has 2 N–H and O–H groups in total. The largest absolute Gasteiger partial charge is 0.380 e. The zero-order valence-electron chi connectivity index (χ0n) is 22.8. The van der Waals surface area contributed by atoms with Crippen LogP contribution in [0.3, 0.4) is 0 Å². The number of rotatable bonds is 7. The van der Waals surface area contributed by atoms with E-state index in [0.717, 1.165) is 64.7 Å². The second-order valence-electron chi connectivity index (χ2n) is 14.1. The van der Waals surface area contributed by atoms with E-state index in [2.05, 4.69) is 32.6 Å². The Balaban J connectivity index is 1.03. The average molecular weight is 518 g/mol. The maximum absolute atomic E-state index is 14.0. The van der Waals surface area contributed by atoms with Gasteiger partial charge < -0.3 is 14.5 Å². The number of halogens is 1. The van der Waals surface area contributed by atoms with Crippen LogP contribution in [-0.2, 0) is 9.53 Å². The van der Waals surface area contributed by atoms with E-state index in [1.54, 1.807) is 0 Å². The van der Waals surface area contributed by atoms with Crippen molar-refractivity contribution >= 4 is 5.91 Å². The van der Waals surface area contributed by atoms with Crippen LogP contribution in [0.1, 0.15) is 64.2 Å². The molecule has 7 rings (SSSR count). The minimum absolute atomic E-state index is 0.219. The average Bonchev–Trinajstić information content (AvgIpc) is 3.40. The molecule has 7 aliphatic rings. The zero-order chi connectivity index (χ0) is 25.1. The van der Waals surface area contributed by atoms with E-state index in [1.165, 1.54) is 38.5 Å². The number of carbonyl (C=O) groups is 1. The summed E-state index contributed by atoms with van der Waals surface area (Å²) in [6.45, 7) is 6.15. The number of carbonyl (C=O) groups excluding carboxylic acids is 1. The summed E-state index contributed by atoms with van der Waals surface area (Å²) in [5.41, 5.74) is 7.00. The van der Waals surface area contributed by atoms with Gasteiger partial charge in [0.2, 0.25) is 5.91 Å². The molecular formula is C29H48FN5O2. The van der Waals surface area contributed by atoms with Crippen LogP contribution < -0.4 is 10.9 Å². The smallest absolute Gasteiger partial charge is 0.226 e. The molecule has 208 valence electrons. The minimum Gasteiger partial charge on any atom is -0.380 e. The Bertz CT molecular complexity index is 852. The highest BCUT2D eigenvalue weighted by Gasteiger charge is 2.55. The number of hydrazine groups is 1. The summed E-state index contributed by atoms with van der Waals surface area (Å²) < 4.78 is 19.7. The van der Waals surface area contributed by atoms with Crippen LogP contribution >= 0.6 is 0 Å². The zero-order valence-corrected chi connectivity index (χ0v) is 22.8. The maximum atomic E-state index is 14.0. The van der Waals surface area contributed by atoms with Gasteiger partial charge in [-0.05, 0) is 94.4 Å². The van der Waals surface area contributed by atoms with Gasteiger partial charge in [0.25, 0.3) is 0 Å². The summed E-state index contributed by atoms with van der Waals surface area (Å²) >= 11 is 0. The lowest BCUT2D eigenvalue weighted by Gasteiger charge is -2.52. The first-order valence-electron chi connectivity index (χ1n) is 15.4. The molecule has 0 aromatic heterocycles. The molecule has 0 bridgehead atoms. The van der Waals surface area contributed by atoms with E-state index in [4.69, 9.17) is 4.74 Å². The molecule has 0 radical (unpaired) electrons. The highest BCUT2D eigenvalue weighted by atomic mass is 19.1. The monoisotopic (exact) mass is 517 g/mol. The fourth-order valence-corrected chi connectivity index (χ4v) is 9.41. The molecule has 4 aliphatic heterocycles. The fourth-order valence-electron chi connectivity index (χ4n) is 9.41. The number of hydrogen-bond acceptors (Lipinski definition) is 6. The normalized spacial score (nSPS) is 44.8. The quantitative estimate of drug-likeness (QED) is 0.542. The Morgan fingerprint density at radius 3 is 2.59 bits per heavy atom. The molecule has 8 atom stereocenters. The standard InChI is InChI=1S/C29H48FN5O2/c1-33-18-31-32-27(33)12-29(16-37-17-29)21-3-2-4-23(11-21)35-15-26-24(20-5-6-20)9-19(10-25(26)28(35)36)13-34-8-7-22(30)14-34/h19-27,31-32H,2-18H2,1H3/t19?,21?,22-,23?,24?,25?,26?,27?/m0/s1. The molecule has 7 nitrogen and oxygen atoms in total. The van der Waals surface area contributed by atoms with Crippen LogP contribution in [0.5, 0.6) is 0 Å². The fraction of sp³-hybridized carbons (Fsp3) is 0.966. The number of likely N-dealkylation sites (tertiary alicyclic amines) is 2. The number of hydrogen-bond donors (Lipinski definition) is 2. The first-order valence-corrected chi connectivity index (χ1v) is 15.4. The predicted molar refractivity (Wildman–Crippen MR) is 140 cm³/mol. The Labute approximate surface area is 222 Å². The lowest BCUT2D eigenvalue weighted by Crippen LogP contribution is -2.56. The van der Waals surface area contributed by atoms with Crippen molar-refractivity contribution in [3.8, 4) is 0 Å². The van der Waals surface area contributed by atoms with Gasteiger partial charge in [-0.2, -0.15) is 0 Å². The number of amides is 1. The van der Waals surface area contributed by atoms with Crippen LogP contribution in [0.25, 0.3) is 0 Å². The predicted octanol–water partition coefficient (Wildman–Crippen LogP) is 2.83. The van der Waals surface area contributed by atoms with E-state index in [-0.39, 0.29) is 11.3 Å². The third kappa shape index (κ3) is 4.77. The Hall–Kier alpha value is -0.800. The molecule has 8 heteroatoms. The van der Waals surface area contributed by atoms with Crippen molar-refractivity contribution in [3.05, 3.63) is 0 Å². The molecule has 7 fully saturated rings. The minimum atomic E-state index is -0.649. The van der Waals surface area contributed by atoms with Gasteiger partial charge >= 0.3 is 0 Å². The lowest BCUT2D eigenvalue weighted by molar-refractivity contribution is -0.169. The van der Waals surface area contributed by atoms with Crippen LogP contribution in [-0.4, -0.2) is 92.1 Å². The first kappa shape index (κ1) is 25.2. The molecule has 0 aromatic carbocycles. The molecule has 4 heterocycles. The van der Waals surface area contributed by atoms with E-state index in [0.29, 0.717) is 54.8 Å². The summed E-state index contributed by atoms with van der Waals surface area (Å²) in [5.74, 6) is 4.01. The number of ether oxygens (including phenoxy) is 1. The molecule has 7 unspecified atom stereocenters.